The Labute approximate surface area is 82.8 Å². The van der Waals surface area contributed by atoms with Crippen molar-refractivity contribution in [3.05, 3.63) is 30.1 Å². The fourth-order valence-corrected chi connectivity index (χ4v) is 0.441. The fourth-order valence-electron chi connectivity index (χ4n) is 0.441. The Morgan fingerprint density at radius 3 is 1.82 bits per heavy atom. The topological polar surface area (TPSA) is 20.2 Å². The Morgan fingerprint density at radius 2 is 1.55 bits per heavy atom. The summed E-state index contributed by atoms with van der Waals surface area (Å²) in [5.41, 5.74) is 0. The second kappa shape index (κ2) is 7.08. The van der Waals surface area contributed by atoms with Crippen molar-refractivity contribution in [3.63, 3.8) is 0 Å². The van der Waals surface area contributed by atoms with Crippen LogP contribution < -0.4 is 0 Å². The van der Waals surface area contributed by atoms with Gasteiger partial charge in [0.25, 0.3) is 0 Å². The molecule has 0 saturated heterocycles. The van der Waals surface area contributed by atoms with Crippen molar-refractivity contribution < 1.29 is 30.3 Å². The number of aromatic hydroxyl groups is 1. The second-order valence-corrected chi connectivity index (χ2v) is 5.28. The molecule has 0 aromatic heterocycles. The molecule has 1 aromatic carbocycles. The number of phenols is 1. The summed E-state index contributed by atoms with van der Waals surface area (Å²) in [6, 6.07) is 5.01. The predicted molar refractivity (Wildman–Crippen MR) is 39.8 cm³/mol. The van der Waals surface area contributed by atoms with Crippen molar-refractivity contribution >= 4 is 17.0 Å². The fraction of sp³-hybridized carbons (Fsp3) is 0. The van der Waals surface area contributed by atoms with Crippen LogP contribution in [0.5, 0.6) is 5.75 Å². The molecule has 0 aliphatic carbocycles. The molecule has 0 aliphatic rings. The molecule has 0 spiro atoms. The van der Waals surface area contributed by atoms with Gasteiger partial charge in [-0.1, -0.05) is 0 Å². The van der Waals surface area contributed by atoms with Crippen LogP contribution >= 0.6 is 17.0 Å². The second-order valence-electron chi connectivity index (χ2n) is 1.55. The van der Waals surface area contributed by atoms with Crippen LogP contribution in [0, 0.1) is 5.82 Å². The van der Waals surface area contributed by atoms with E-state index in [0.717, 1.165) is 0 Å². The number of halogens is 3. The van der Waals surface area contributed by atoms with Crippen LogP contribution in [-0.4, -0.2) is 5.11 Å². The first-order chi connectivity index (χ1) is 5.20. The summed E-state index contributed by atoms with van der Waals surface area (Å²) in [6.45, 7) is 0. The van der Waals surface area contributed by atoms with Crippen LogP contribution in [0.3, 0.4) is 0 Å². The van der Waals surface area contributed by atoms with Gasteiger partial charge in [-0.15, -0.1) is 0 Å². The summed E-state index contributed by atoms with van der Waals surface area (Å²) < 4.78 is 12.0. The molecule has 1 aromatic rings. The summed E-state index contributed by atoms with van der Waals surface area (Å²) in [7, 11) is 9.87. The van der Waals surface area contributed by atoms with Crippen molar-refractivity contribution in [2.45, 2.75) is 0 Å². The third-order valence-corrected chi connectivity index (χ3v) is 0.827. The van der Waals surface area contributed by atoms with E-state index in [4.69, 9.17) is 22.1 Å². The Kier molecular flexibility index (Phi) is 7.35. The number of benzene rings is 1. The van der Waals surface area contributed by atoms with Crippen LogP contribution in [0.2, 0.25) is 0 Å². The van der Waals surface area contributed by atoms with E-state index in [9.17, 15) is 4.39 Å². The van der Waals surface area contributed by atoms with Crippen LogP contribution in [0.15, 0.2) is 24.3 Å². The molecule has 0 aliphatic heterocycles. The Balaban J connectivity index is 0.000000292. The summed E-state index contributed by atoms with van der Waals surface area (Å²) in [6.07, 6.45) is 0. The number of phenolic OH excluding ortho intramolecular Hbond substituents is 1. The minimum absolute atomic E-state index is 0.0893. The van der Waals surface area contributed by atoms with Gasteiger partial charge in [0.1, 0.15) is 11.6 Å². The summed E-state index contributed by atoms with van der Waals surface area (Å²) in [5, 5.41) is 8.59. The van der Waals surface area contributed by atoms with Gasteiger partial charge >= 0.3 is 37.9 Å². The first kappa shape index (κ1) is 11.4. The monoisotopic (exact) mass is 272 g/mol. The molecule has 11 heavy (non-hydrogen) atoms. The third kappa shape index (κ3) is 6.80. The molecule has 1 N–H and O–H groups in total. The molecule has 0 fully saturated rings. The van der Waals surface area contributed by atoms with Crippen molar-refractivity contribution in [3.8, 4) is 5.75 Å². The molecule has 60 valence electrons. The first-order valence-electron chi connectivity index (χ1n) is 2.61. The normalized spacial score (nSPS) is 7.91. The van der Waals surface area contributed by atoms with Gasteiger partial charge in [-0.25, -0.2) is 4.39 Å². The Hall–Kier alpha value is 0.413. The maximum atomic E-state index is 12.0. The number of hydrogen-bond acceptors (Lipinski definition) is 1. The van der Waals surface area contributed by atoms with Gasteiger partial charge < -0.3 is 5.11 Å². The molecule has 0 heterocycles. The van der Waals surface area contributed by atoms with Gasteiger partial charge in [-0.3, -0.25) is 0 Å². The Bertz CT molecular complexity index is 171. The van der Waals surface area contributed by atoms with E-state index in [1.54, 1.807) is 0 Å². The van der Waals surface area contributed by atoms with Gasteiger partial charge in [0.05, 0.1) is 0 Å². The molecule has 0 bridgehead atoms. The third-order valence-electron chi connectivity index (χ3n) is 0.827. The van der Waals surface area contributed by atoms with Gasteiger partial charge in [-0.2, -0.15) is 0 Å². The Morgan fingerprint density at radius 1 is 1.18 bits per heavy atom. The molecule has 0 saturated carbocycles. The molecule has 5 heteroatoms. The zero-order valence-electron chi connectivity index (χ0n) is 5.39. The first-order valence-corrected chi connectivity index (χ1v) is 8.94. The van der Waals surface area contributed by atoms with E-state index in [1.807, 2.05) is 0 Å². The van der Waals surface area contributed by atoms with Crippen molar-refractivity contribution in [1.82, 2.24) is 0 Å². The molecule has 0 unspecified atom stereocenters. The zero-order chi connectivity index (χ0) is 8.69. The minimum atomic E-state index is -0.826. The zero-order valence-corrected chi connectivity index (χ0v) is 9.36. The van der Waals surface area contributed by atoms with Crippen LogP contribution in [-0.2, 0) is 20.8 Å². The molecule has 1 nitrogen and oxygen atoms in total. The number of hydrogen-bond donors (Lipinski definition) is 1. The van der Waals surface area contributed by atoms with Gasteiger partial charge in [-0.05, 0) is 24.3 Å². The van der Waals surface area contributed by atoms with Crippen molar-refractivity contribution in [2.75, 3.05) is 0 Å². The van der Waals surface area contributed by atoms with Gasteiger partial charge in [0, 0.05) is 0 Å². The van der Waals surface area contributed by atoms with Crippen LogP contribution in [0.4, 0.5) is 4.39 Å². The van der Waals surface area contributed by atoms with E-state index >= 15 is 0 Å². The SMILES string of the molecule is Oc1ccc(F)cc1.[Cl][Zr][Cl]. The molecule has 1 rings (SSSR count). The molecular weight excluding hydrogens is 269 g/mol. The predicted octanol–water partition coefficient (Wildman–Crippen LogP) is 2.91. The quantitative estimate of drug-likeness (QED) is 0.771. The van der Waals surface area contributed by atoms with E-state index < -0.39 is 20.8 Å². The summed E-state index contributed by atoms with van der Waals surface area (Å²) in [5.74, 6) is -0.241. The van der Waals surface area contributed by atoms with Crippen LogP contribution in [0.25, 0.3) is 0 Å². The van der Waals surface area contributed by atoms with Gasteiger partial charge in [0.15, 0.2) is 0 Å². The van der Waals surface area contributed by atoms with Crippen LogP contribution in [0.1, 0.15) is 0 Å². The molecule has 0 amide bonds. The molecule has 0 atom stereocenters. The average Bonchev–Trinajstić information content (AvgIpc) is 1.97. The molecule has 0 radical (unpaired) electrons. The number of rotatable bonds is 0. The van der Waals surface area contributed by atoms with Crippen molar-refractivity contribution in [1.29, 1.82) is 0 Å². The van der Waals surface area contributed by atoms with E-state index in [2.05, 4.69) is 0 Å². The van der Waals surface area contributed by atoms with Gasteiger partial charge in [0.2, 0.25) is 0 Å². The summed E-state index contributed by atoms with van der Waals surface area (Å²) in [4.78, 5) is 0. The van der Waals surface area contributed by atoms with E-state index in [1.165, 1.54) is 24.3 Å². The average molecular weight is 274 g/mol. The van der Waals surface area contributed by atoms with E-state index in [0.29, 0.717) is 0 Å². The van der Waals surface area contributed by atoms with Crippen molar-refractivity contribution in [2.24, 2.45) is 0 Å². The summed E-state index contributed by atoms with van der Waals surface area (Å²) >= 11 is -0.826. The standard InChI is InChI=1S/C6H5FO.2ClH.Zr/c7-5-1-3-6(8)4-2-5;;;/h1-4,8H;2*1H;/q;;;+2/p-2. The van der Waals surface area contributed by atoms with E-state index in [-0.39, 0.29) is 11.6 Å². The molecular formula is C6H5Cl2FOZr. The maximum absolute atomic E-state index is 12.0.